The van der Waals surface area contributed by atoms with Crippen molar-refractivity contribution in [2.24, 2.45) is 5.41 Å². The Labute approximate surface area is 359 Å². The van der Waals surface area contributed by atoms with Gasteiger partial charge in [0.15, 0.2) is 23.0 Å². The first-order valence-electron chi connectivity index (χ1n) is 20.6. The van der Waals surface area contributed by atoms with E-state index in [0.717, 1.165) is 34.4 Å². The van der Waals surface area contributed by atoms with E-state index in [1.807, 2.05) is 24.3 Å². The first kappa shape index (κ1) is 42.2. The number of fused-ring (bicyclic) bond motifs is 4. The monoisotopic (exact) mass is 849 g/mol. The molecule has 1 unspecified atom stereocenters. The fourth-order valence-corrected chi connectivity index (χ4v) is 8.71. The van der Waals surface area contributed by atoms with Crippen LogP contribution in [0.25, 0.3) is 5.57 Å². The van der Waals surface area contributed by atoms with Crippen LogP contribution in [0.1, 0.15) is 63.9 Å². The van der Waals surface area contributed by atoms with Crippen LogP contribution in [0, 0.1) is 5.41 Å². The second-order valence-electron chi connectivity index (χ2n) is 16.0. The summed E-state index contributed by atoms with van der Waals surface area (Å²) in [6, 6.07) is 12.4. The largest absolute Gasteiger partial charge is 0.834 e. The lowest BCUT2D eigenvalue weighted by Crippen LogP contribution is -2.58. The van der Waals surface area contributed by atoms with Crippen molar-refractivity contribution in [1.29, 1.82) is 0 Å². The number of hydrogen-bond acceptors (Lipinski definition) is 12. The fraction of sp³-hybridized carbons (Fsp3) is 0.391. The van der Waals surface area contributed by atoms with Crippen molar-refractivity contribution < 1.29 is 57.8 Å². The zero-order chi connectivity index (χ0) is 43.7. The van der Waals surface area contributed by atoms with Gasteiger partial charge in [-0.05, 0) is 66.2 Å². The predicted octanol–water partition coefficient (Wildman–Crippen LogP) is 5.27. The van der Waals surface area contributed by atoms with Crippen molar-refractivity contribution in [3.8, 4) is 23.0 Å². The summed E-state index contributed by atoms with van der Waals surface area (Å²) in [4.78, 5) is 60.9. The predicted molar refractivity (Wildman–Crippen MR) is 224 cm³/mol. The highest BCUT2D eigenvalue weighted by Crippen LogP contribution is 2.56. The minimum atomic E-state index is -1.61. The second-order valence-corrected chi connectivity index (χ2v) is 16.0. The van der Waals surface area contributed by atoms with Gasteiger partial charge in [-0.25, -0.2) is 9.59 Å². The molecular formula is C46H49N4O12-. The first-order valence-corrected chi connectivity index (χ1v) is 20.6. The first-order chi connectivity index (χ1) is 30.0. The molecule has 1 N–H and O–H groups in total. The third-order valence-corrected chi connectivity index (χ3v) is 12.1. The van der Waals surface area contributed by atoms with Crippen molar-refractivity contribution in [2.45, 2.75) is 57.0 Å². The summed E-state index contributed by atoms with van der Waals surface area (Å²) >= 11 is 0. The third kappa shape index (κ3) is 7.91. The van der Waals surface area contributed by atoms with E-state index in [9.17, 15) is 29.4 Å². The lowest BCUT2D eigenvalue weighted by molar-refractivity contribution is -0.426. The van der Waals surface area contributed by atoms with Crippen molar-refractivity contribution in [2.75, 3.05) is 63.5 Å². The molecule has 3 atom stereocenters. The van der Waals surface area contributed by atoms with Crippen LogP contribution in [0.4, 0.5) is 21.0 Å². The van der Waals surface area contributed by atoms with Crippen molar-refractivity contribution in [3.05, 3.63) is 102 Å². The van der Waals surface area contributed by atoms with Crippen LogP contribution in [0.3, 0.4) is 0 Å². The Morgan fingerprint density at radius 1 is 0.855 bits per heavy atom. The quantitative estimate of drug-likeness (QED) is 0.164. The van der Waals surface area contributed by atoms with Crippen LogP contribution in [-0.2, 0) is 16.1 Å². The zero-order valence-electron chi connectivity index (χ0n) is 34.7. The highest BCUT2D eigenvalue weighted by atomic mass is 16.6. The van der Waals surface area contributed by atoms with E-state index in [0.29, 0.717) is 25.8 Å². The van der Waals surface area contributed by atoms with Crippen LogP contribution in [0.5, 0.6) is 23.0 Å². The highest BCUT2D eigenvalue weighted by Gasteiger charge is 2.56. The molecule has 0 aromatic heterocycles. The maximum absolute atomic E-state index is 14.2. The summed E-state index contributed by atoms with van der Waals surface area (Å²) in [6.07, 6.45) is 4.66. The summed E-state index contributed by atoms with van der Waals surface area (Å²) in [7, 11) is 2.89. The Morgan fingerprint density at radius 3 is 2.06 bits per heavy atom. The van der Waals surface area contributed by atoms with Crippen LogP contribution < -0.4 is 33.9 Å². The summed E-state index contributed by atoms with van der Waals surface area (Å²) in [6.45, 7) is 7.79. The molecule has 1 saturated heterocycles. The molecule has 16 nitrogen and oxygen atoms in total. The highest BCUT2D eigenvalue weighted by molar-refractivity contribution is 6.07. The second kappa shape index (κ2) is 17.5. The smallest absolute Gasteiger partial charge is 0.414 e. The number of methoxy groups -OCH3 is 2. The normalized spacial score (nSPS) is 20.5. The van der Waals surface area contributed by atoms with Crippen molar-refractivity contribution in [3.63, 3.8) is 0 Å². The average molecular weight is 850 g/mol. The Morgan fingerprint density at radius 2 is 1.47 bits per heavy atom. The molecule has 1 spiro atoms. The van der Waals surface area contributed by atoms with E-state index in [-0.39, 0.29) is 102 Å². The van der Waals surface area contributed by atoms with E-state index in [4.69, 9.17) is 28.4 Å². The summed E-state index contributed by atoms with van der Waals surface area (Å²) < 4.78 is 34.5. The third-order valence-electron chi connectivity index (χ3n) is 12.1. The number of amides is 4. The van der Waals surface area contributed by atoms with E-state index in [2.05, 4.69) is 13.2 Å². The SMILES string of the molecule is C=CCOC(=O)N1C[C@@H]2CC(c3ccc(CO)cc3)=CN2C(=O)c2cc(OC)c(OCCCOc3cc4c(cc3OC)C(=O)N3CC5(CC5)C[C@H]3C([O-])N4C(=O)OCC=C)cc21. The molecule has 1 saturated carbocycles. The maximum atomic E-state index is 14.2. The van der Waals surface area contributed by atoms with Crippen molar-refractivity contribution >= 4 is 40.9 Å². The minimum absolute atomic E-state index is 0.0347. The summed E-state index contributed by atoms with van der Waals surface area (Å²) in [5, 5.41) is 23.6. The fourth-order valence-electron chi connectivity index (χ4n) is 8.71. The van der Waals surface area contributed by atoms with Gasteiger partial charge in [0, 0.05) is 37.3 Å². The van der Waals surface area contributed by atoms with E-state index in [1.165, 1.54) is 43.4 Å². The molecule has 0 radical (unpaired) electrons. The average Bonchev–Trinajstić information content (AvgIpc) is 3.79. The van der Waals surface area contributed by atoms with Gasteiger partial charge in [0.25, 0.3) is 11.8 Å². The molecule has 4 heterocycles. The molecule has 2 fully saturated rings. The van der Waals surface area contributed by atoms with Gasteiger partial charge in [-0.3, -0.25) is 19.4 Å². The number of hydrogen-bond donors (Lipinski definition) is 1. The Hall–Kier alpha value is -6.52. The maximum Gasteiger partial charge on any atom is 0.414 e. The van der Waals surface area contributed by atoms with Gasteiger partial charge < -0.3 is 48.4 Å². The van der Waals surface area contributed by atoms with Crippen LogP contribution >= 0.6 is 0 Å². The van der Waals surface area contributed by atoms with E-state index >= 15 is 0 Å². The summed E-state index contributed by atoms with van der Waals surface area (Å²) in [5.41, 5.74) is 3.20. The molecular weight excluding hydrogens is 801 g/mol. The number of aliphatic hydroxyl groups excluding tert-OH is 1. The standard InChI is InChI=1S/C46H49N4O12/c1-5-14-61-44(55)48-25-31-18-30(29-10-8-28(26-51)9-11-29)24-47(31)41(52)32-19-37(57-3)39(21-34(32)48)59-16-7-17-60-40-22-35-33(20-38(40)58-4)42(53)49-27-46(12-13-46)23-36(49)43(54)50(35)45(56)62-15-6-2/h5-6,8-11,19-22,24,31,36,43,51H,1-2,7,12-18,23,25-27H2,3-4H3/q-1/t31-,36-,43?/m0/s1. The zero-order valence-corrected chi connectivity index (χ0v) is 34.7. The number of nitrogens with zero attached hydrogens (tertiary/aromatic N) is 4. The van der Waals surface area contributed by atoms with Gasteiger partial charge in [-0.1, -0.05) is 49.6 Å². The van der Waals surface area contributed by atoms with Crippen LogP contribution in [-0.4, -0.2) is 111 Å². The number of carbonyl (C=O) groups excluding carboxylic acids is 4. The van der Waals surface area contributed by atoms with Gasteiger partial charge in [0.05, 0.1) is 69.1 Å². The van der Waals surface area contributed by atoms with E-state index < -0.39 is 30.5 Å². The van der Waals surface area contributed by atoms with E-state index in [1.54, 1.807) is 28.1 Å². The molecule has 62 heavy (non-hydrogen) atoms. The molecule has 5 aliphatic rings. The number of rotatable bonds is 14. The topological polar surface area (TPSA) is 180 Å². The summed E-state index contributed by atoms with van der Waals surface area (Å²) in [5.74, 6) is 0.281. The number of ether oxygens (including phenoxy) is 6. The molecule has 3 aromatic rings. The molecule has 4 amide bonds. The van der Waals surface area contributed by atoms with Gasteiger partial charge in [-0.15, -0.1) is 0 Å². The number of aliphatic hydroxyl groups is 1. The minimum Gasteiger partial charge on any atom is -0.834 e. The molecule has 1 aliphatic carbocycles. The molecule has 326 valence electrons. The Balaban J connectivity index is 1.01. The molecule has 4 aliphatic heterocycles. The molecule has 0 bridgehead atoms. The number of anilines is 2. The number of benzene rings is 3. The molecule has 3 aromatic carbocycles. The van der Waals surface area contributed by atoms with Crippen LogP contribution in [0.2, 0.25) is 0 Å². The number of carbonyl (C=O) groups is 4. The Bertz CT molecular complexity index is 2310. The van der Waals surface area contributed by atoms with Gasteiger partial charge in [0.2, 0.25) is 0 Å². The molecule has 8 rings (SSSR count). The molecule has 16 heteroatoms. The lowest BCUT2D eigenvalue weighted by Gasteiger charge is -2.40. The van der Waals surface area contributed by atoms with Gasteiger partial charge >= 0.3 is 12.2 Å². The van der Waals surface area contributed by atoms with Crippen molar-refractivity contribution in [1.82, 2.24) is 9.80 Å². The van der Waals surface area contributed by atoms with Gasteiger partial charge in [0.1, 0.15) is 13.2 Å². The lowest BCUT2D eigenvalue weighted by atomic mass is 10.0. The van der Waals surface area contributed by atoms with Gasteiger partial charge in [-0.2, -0.15) is 0 Å². The van der Waals surface area contributed by atoms with Crippen LogP contribution in [0.15, 0.2) is 80.0 Å². The Kier molecular flexibility index (Phi) is 11.9.